The summed E-state index contributed by atoms with van der Waals surface area (Å²) in [5.74, 6) is -0.976. The number of H-pyrrole nitrogens is 1. The predicted molar refractivity (Wildman–Crippen MR) is 85.3 cm³/mol. The van der Waals surface area contributed by atoms with E-state index in [1.165, 1.54) is 11.0 Å². The molecule has 1 spiro atoms. The van der Waals surface area contributed by atoms with Crippen molar-refractivity contribution in [2.24, 2.45) is 5.41 Å². The molecular weight excluding hydrogens is 365 g/mol. The molecule has 1 amide bonds. The fourth-order valence-electron chi connectivity index (χ4n) is 3.57. The fourth-order valence-corrected chi connectivity index (χ4v) is 3.57. The zero-order valence-corrected chi connectivity index (χ0v) is 14.7. The van der Waals surface area contributed by atoms with Gasteiger partial charge in [-0.25, -0.2) is 0 Å². The molecule has 1 saturated heterocycles. The number of aromatic nitrogens is 2. The van der Waals surface area contributed by atoms with Crippen LogP contribution in [0.15, 0.2) is 17.7 Å². The van der Waals surface area contributed by atoms with Gasteiger partial charge in [0.15, 0.2) is 11.5 Å². The molecule has 1 fully saturated rings. The molecule has 1 aromatic rings. The molecule has 0 aromatic carbocycles. The van der Waals surface area contributed by atoms with Gasteiger partial charge in [-0.15, -0.1) is 0 Å². The van der Waals surface area contributed by atoms with Crippen LogP contribution in [0.4, 0.5) is 13.2 Å². The van der Waals surface area contributed by atoms with Crippen LogP contribution in [0, 0.1) is 16.7 Å². The highest BCUT2D eigenvalue weighted by Gasteiger charge is 2.49. The summed E-state index contributed by atoms with van der Waals surface area (Å²) < 4.78 is 43.9. The molecule has 10 heteroatoms. The Morgan fingerprint density at radius 1 is 1.44 bits per heavy atom. The van der Waals surface area contributed by atoms with Crippen molar-refractivity contribution in [1.29, 1.82) is 5.26 Å². The topological polar surface area (TPSA) is 99.1 Å². The van der Waals surface area contributed by atoms with Gasteiger partial charge < -0.3 is 9.64 Å². The highest BCUT2D eigenvalue weighted by atomic mass is 19.4. The number of aromatic amines is 1. The van der Waals surface area contributed by atoms with Crippen molar-refractivity contribution in [3.8, 4) is 6.07 Å². The summed E-state index contributed by atoms with van der Waals surface area (Å²) in [5.41, 5.74) is -3.40. The SMILES string of the molecule is CC1(C)CC2(C=C(C#N)C1=O)CN(C(=O)c1cc(C(F)(F)F)[nH]n1)CCO2. The number of ether oxygens (including phenoxy) is 1. The minimum absolute atomic E-state index is 0.0158. The number of nitrogens with one attached hydrogen (secondary N) is 1. The van der Waals surface area contributed by atoms with Gasteiger partial charge in [-0.2, -0.15) is 23.5 Å². The van der Waals surface area contributed by atoms with Gasteiger partial charge in [0.2, 0.25) is 0 Å². The first-order chi connectivity index (χ1) is 12.5. The number of Topliss-reactive ketones (excluding diaryl/α,β-unsaturated/α-hetero) is 1. The lowest BCUT2D eigenvalue weighted by atomic mass is 9.69. The van der Waals surface area contributed by atoms with Gasteiger partial charge in [0.05, 0.1) is 18.7 Å². The van der Waals surface area contributed by atoms with E-state index in [1.54, 1.807) is 13.8 Å². The van der Waals surface area contributed by atoms with E-state index < -0.39 is 28.8 Å². The van der Waals surface area contributed by atoms with E-state index in [9.17, 15) is 28.0 Å². The van der Waals surface area contributed by atoms with E-state index in [2.05, 4.69) is 5.10 Å². The number of hydrogen-bond acceptors (Lipinski definition) is 5. The van der Waals surface area contributed by atoms with Gasteiger partial charge in [-0.05, 0) is 12.5 Å². The highest BCUT2D eigenvalue weighted by Crippen LogP contribution is 2.41. The second-order valence-electron chi connectivity index (χ2n) is 7.36. The van der Waals surface area contributed by atoms with Gasteiger partial charge in [0, 0.05) is 18.0 Å². The van der Waals surface area contributed by atoms with Crippen molar-refractivity contribution in [3.63, 3.8) is 0 Å². The lowest BCUT2D eigenvalue weighted by Gasteiger charge is -2.46. The van der Waals surface area contributed by atoms with Crippen molar-refractivity contribution < 1.29 is 27.5 Å². The van der Waals surface area contributed by atoms with E-state index in [4.69, 9.17) is 4.74 Å². The Kier molecular flexibility index (Phi) is 4.38. The van der Waals surface area contributed by atoms with E-state index in [0.29, 0.717) is 6.07 Å². The molecule has 1 aliphatic carbocycles. The Balaban J connectivity index is 1.87. The number of nitriles is 1. The number of rotatable bonds is 1. The van der Waals surface area contributed by atoms with Gasteiger partial charge in [-0.3, -0.25) is 14.7 Å². The predicted octanol–water partition coefficient (Wildman–Crippen LogP) is 2.09. The number of carbonyl (C=O) groups excluding carboxylic acids is 2. The van der Waals surface area contributed by atoms with Crippen LogP contribution < -0.4 is 0 Å². The Morgan fingerprint density at radius 2 is 2.15 bits per heavy atom. The van der Waals surface area contributed by atoms with Crippen LogP contribution >= 0.6 is 0 Å². The normalized spacial score (nSPS) is 25.3. The molecule has 0 radical (unpaired) electrons. The van der Waals surface area contributed by atoms with Crippen LogP contribution in [0.5, 0.6) is 0 Å². The summed E-state index contributed by atoms with van der Waals surface area (Å²) in [6, 6.07) is 2.52. The molecular formula is C17H17F3N4O3. The number of amides is 1. The maximum Gasteiger partial charge on any atom is 0.432 e. The summed E-state index contributed by atoms with van der Waals surface area (Å²) in [7, 11) is 0. The van der Waals surface area contributed by atoms with Crippen molar-refractivity contribution in [1.82, 2.24) is 15.1 Å². The largest absolute Gasteiger partial charge is 0.432 e. The first-order valence-corrected chi connectivity index (χ1v) is 8.21. The van der Waals surface area contributed by atoms with Crippen LogP contribution in [0.1, 0.15) is 36.5 Å². The van der Waals surface area contributed by atoms with E-state index in [-0.39, 0.29) is 43.2 Å². The highest BCUT2D eigenvalue weighted by molar-refractivity contribution is 6.04. The van der Waals surface area contributed by atoms with E-state index in [1.807, 2.05) is 11.2 Å². The molecule has 1 N–H and O–H groups in total. The number of nitrogens with zero attached hydrogens (tertiary/aromatic N) is 3. The number of ketones is 1. The number of alkyl halides is 3. The number of carbonyl (C=O) groups is 2. The van der Waals surface area contributed by atoms with Crippen molar-refractivity contribution in [2.75, 3.05) is 19.7 Å². The summed E-state index contributed by atoms with van der Waals surface area (Å²) in [5, 5.41) is 14.5. The molecule has 144 valence electrons. The quantitative estimate of drug-likeness (QED) is 0.802. The summed E-state index contributed by atoms with van der Waals surface area (Å²) in [6.07, 6.45) is -2.95. The molecule has 2 heterocycles. The number of halogens is 3. The van der Waals surface area contributed by atoms with Crippen LogP contribution in [0.3, 0.4) is 0 Å². The molecule has 7 nitrogen and oxygen atoms in total. The van der Waals surface area contributed by atoms with Crippen molar-refractivity contribution >= 4 is 11.7 Å². The first kappa shape index (κ1) is 19.1. The minimum Gasteiger partial charge on any atom is -0.367 e. The fraction of sp³-hybridized carbons (Fsp3) is 0.529. The third-order valence-electron chi connectivity index (χ3n) is 4.73. The lowest BCUT2D eigenvalue weighted by Crippen LogP contribution is -2.57. The standard InChI is InChI=1S/C17H17F3N4O3/c1-15(2)8-16(6-10(7-21)13(15)25)9-24(3-4-27-16)14(26)11-5-12(23-22-11)17(18,19)20/h5-6H,3-4,8-9H2,1-2H3,(H,22,23). The van der Waals surface area contributed by atoms with Crippen LogP contribution in [-0.2, 0) is 15.7 Å². The number of hydrogen-bond donors (Lipinski definition) is 1. The van der Waals surface area contributed by atoms with Crippen LogP contribution in [0.2, 0.25) is 0 Å². The van der Waals surface area contributed by atoms with Gasteiger partial charge >= 0.3 is 6.18 Å². The third kappa shape index (κ3) is 3.47. The maximum atomic E-state index is 12.7. The van der Waals surface area contributed by atoms with Gasteiger partial charge in [0.25, 0.3) is 5.91 Å². The smallest absolute Gasteiger partial charge is 0.367 e. The van der Waals surface area contributed by atoms with E-state index >= 15 is 0 Å². The second kappa shape index (κ2) is 6.20. The summed E-state index contributed by atoms with van der Waals surface area (Å²) in [4.78, 5) is 26.2. The average Bonchev–Trinajstić information content (AvgIpc) is 3.07. The molecule has 0 saturated carbocycles. The maximum absolute atomic E-state index is 12.7. The summed E-state index contributed by atoms with van der Waals surface area (Å²) in [6.45, 7) is 3.69. The molecule has 3 rings (SSSR count). The Hall–Kier alpha value is -2.67. The van der Waals surface area contributed by atoms with E-state index in [0.717, 1.165) is 0 Å². The molecule has 2 aliphatic rings. The lowest BCUT2D eigenvalue weighted by molar-refractivity contribution is -0.141. The van der Waals surface area contributed by atoms with Crippen molar-refractivity contribution in [2.45, 2.75) is 32.0 Å². The number of allylic oxidation sites excluding steroid dienone is 1. The molecule has 1 aliphatic heterocycles. The Labute approximate surface area is 152 Å². The third-order valence-corrected chi connectivity index (χ3v) is 4.73. The Bertz CT molecular complexity index is 866. The van der Waals surface area contributed by atoms with Gasteiger partial charge in [-0.1, -0.05) is 13.8 Å². The zero-order valence-electron chi connectivity index (χ0n) is 14.7. The van der Waals surface area contributed by atoms with Crippen LogP contribution in [0.25, 0.3) is 0 Å². The molecule has 27 heavy (non-hydrogen) atoms. The van der Waals surface area contributed by atoms with Gasteiger partial charge in [0.1, 0.15) is 17.4 Å². The van der Waals surface area contributed by atoms with Crippen molar-refractivity contribution in [3.05, 3.63) is 29.1 Å². The summed E-state index contributed by atoms with van der Waals surface area (Å²) >= 11 is 0. The molecule has 0 bridgehead atoms. The average molecular weight is 382 g/mol. The molecule has 1 unspecified atom stereocenters. The molecule has 1 atom stereocenters. The molecule has 1 aromatic heterocycles. The second-order valence-corrected chi connectivity index (χ2v) is 7.36. The minimum atomic E-state index is -4.63. The Morgan fingerprint density at radius 3 is 2.74 bits per heavy atom. The first-order valence-electron chi connectivity index (χ1n) is 8.21. The zero-order chi connectivity index (χ0) is 20.0. The van der Waals surface area contributed by atoms with Crippen LogP contribution in [-0.4, -0.2) is 52.1 Å². The monoisotopic (exact) mass is 382 g/mol. The number of morpholine rings is 1.